The molecule has 55 heavy (non-hydrogen) atoms. The van der Waals surface area contributed by atoms with E-state index in [-0.39, 0.29) is 25.4 Å². The first-order valence-corrected chi connectivity index (χ1v) is 23.1. The number of unbranched alkanes of at least 4 members (excludes halogenated alkanes) is 16. The summed E-state index contributed by atoms with van der Waals surface area (Å²) >= 11 is 0. The number of allylic oxidation sites excluding steroid dienone is 12. The number of carbonyl (C=O) groups is 2. The number of phosphoric acid groups is 1. The molecule has 2 unspecified atom stereocenters. The van der Waals surface area contributed by atoms with E-state index in [4.69, 9.17) is 14.0 Å². The number of rotatable bonds is 39. The predicted octanol–water partition coefficient (Wildman–Crippen LogP) is 13.7. The fourth-order valence-corrected chi connectivity index (χ4v) is 6.08. The summed E-state index contributed by atoms with van der Waals surface area (Å²) in [7, 11) is -3.23. The Labute approximate surface area is 336 Å². The molecule has 1 N–H and O–H groups in total. The first-order chi connectivity index (χ1) is 26.8. The van der Waals surface area contributed by atoms with Gasteiger partial charge in [-0.2, -0.15) is 0 Å². The van der Waals surface area contributed by atoms with E-state index < -0.39 is 26.5 Å². The van der Waals surface area contributed by atoms with Crippen molar-refractivity contribution in [1.29, 1.82) is 0 Å². The van der Waals surface area contributed by atoms with Crippen LogP contribution in [0.3, 0.4) is 0 Å². The molecule has 0 radical (unpaired) electrons. The third-order valence-electron chi connectivity index (χ3n) is 8.93. The van der Waals surface area contributed by atoms with Gasteiger partial charge in [0, 0.05) is 20.0 Å². The summed E-state index contributed by atoms with van der Waals surface area (Å²) in [6, 6.07) is 0. The van der Waals surface area contributed by atoms with Gasteiger partial charge >= 0.3 is 19.8 Å². The number of hydrogen-bond donors (Lipinski definition) is 1. The minimum Gasteiger partial charge on any atom is -0.462 e. The second-order valence-electron chi connectivity index (χ2n) is 14.1. The highest BCUT2D eigenvalue weighted by Crippen LogP contribution is 2.42. The molecule has 2 atom stereocenters. The lowest BCUT2D eigenvalue weighted by Crippen LogP contribution is -2.29. The van der Waals surface area contributed by atoms with Crippen LogP contribution in [0.15, 0.2) is 72.9 Å². The zero-order chi connectivity index (χ0) is 40.3. The SMILES string of the molecule is CC/C=C\C/C=C\C/C=C\C/C=C\CCCCC(=O)OC(COC(=O)CCCCCCCCCCC/C=C\C/C=C\CCCCCCC)COP(=O)(O)OC. The summed E-state index contributed by atoms with van der Waals surface area (Å²) in [5.74, 6) is -0.861. The zero-order valence-corrected chi connectivity index (χ0v) is 36.0. The molecule has 9 heteroatoms. The van der Waals surface area contributed by atoms with Crippen molar-refractivity contribution < 1.29 is 37.6 Å². The van der Waals surface area contributed by atoms with Gasteiger partial charge in [0.25, 0.3) is 0 Å². The first kappa shape index (κ1) is 52.5. The lowest BCUT2D eigenvalue weighted by molar-refractivity contribution is -0.161. The molecule has 0 heterocycles. The van der Waals surface area contributed by atoms with Crippen LogP contribution in [0.25, 0.3) is 0 Å². The van der Waals surface area contributed by atoms with E-state index in [0.717, 1.165) is 71.3 Å². The molecule has 0 aromatic heterocycles. The van der Waals surface area contributed by atoms with Gasteiger partial charge in [-0.15, -0.1) is 0 Å². The van der Waals surface area contributed by atoms with E-state index in [1.807, 2.05) is 0 Å². The fraction of sp³-hybridized carbons (Fsp3) is 0.696. The van der Waals surface area contributed by atoms with Gasteiger partial charge < -0.3 is 14.4 Å². The maximum Gasteiger partial charge on any atom is 0.472 e. The summed E-state index contributed by atoms with van der Waals surface area (Å²) in [6.45, 7) is 3.72. The number of ether oxygens (including phenoxy) is 2. The second kappa shape index (κ2) is 41.1. The molecule has 0 amide bonds. The Bertz CT molecular complexity index is 1120. The normalized spacial score (nSPS) is 14.0. The first-order valence-electron chi connectivity index (χ1n) is 21.6. The molecule has 0 aliphatic carbocycles. The average Bonchev–Trinajstić information content (AvgIpc) is 3.18. The quantitative estimate of drug-likeness (QED) is 0.0284. The van der Waals surface area contributed by atoms with E-state index in [2.05, 4.69) is 91.3 Å². The molecule has 0 aliphatic rings. The zero-order valence-electron chi connectivity index (χ0n) is 35.1. The Kier molecular flexibility index (Phi) is 39.3. The molecule has 0 fully saturated rings. The number of hydrogen-bond acceptors (Lipinski definition) is 7. The van der Waals surface area contributed by atoms with Crippen molar-refractivity contribution in [2.75, 3.05) is 20.3 Å². The van der Waals surface area contributed by atoms with Gasteiger partial charge in [-0.1, -0.05) is 157 Å². The molecule has 0 aromatic rings. The molecule has 0 spiro atoms. The van der Waals surface area contributed by atoms with Crippen molar-refractivity contribution in [3.8, 4) is 0 Å². The molecule has 0 bridgehead atoms. The van der Waals surface area contributed by atoms with E-state index in [1.165, 1.54) is 83.5 Å². The number of phosphoric ester groups is 1. The second-order valence-corrected chi connectivity index (χ2v) is 15.7. The minimum absolute atomic E-state index is 0.188. The summed E-state index contributed by atoms with van der Waals surface area (Å²) in [5, 5.41) is 0. The van der Waals surface area contributed by atoms with Crippen LogP contribution in [-0.2, 0) is 32.7 Å². The van der Waals surface area contributed by atoms with Crippen molar-refractivity contribution in [3.63, 3.8) is 0 Å². The van der Waals surface area contributed by atoms with Gasteiger partial charge in [0.15, 0.2) is 6.10 Å². The van der Waals surface area contributed by atoms with Gasteiger partial charge in [0.2, 0.25) is 0 Å². The van der Waals surface area contributed by atoms with Gasteiger partial charge in [-0.3, -0.25) is 18.6 Å². The standard InChI is InChI=1S/C46H79O8P/c1-4-6-8-10-12-14-16-18-20-21-22-23-24-25-27-28-30-32-34-36-38-40-45(47)52-42-44(43-53-55(49,50)51-3)54-46(48)41-39-37-35-33-31-29-26-19-17-15-13-11-9-7-5-2/h7,9,13,15-16,18-19,21-22,26,31,33,44H,4-6,8,10-12,14,17,20,23-25,27-30,32,34-43H2,1-3H3,(H,49,50)/b9-7-,15-13-,18-16-,22-21-,26-19-,33-31-. The van der Waals surface area contributed by atoms with Crippen LogP contribution in [0.1, 0.15) is 181 Å². The predicted molar refractivity (Wildman–Crippen MR) is 230 cm³/mol. The number of carbonyl (C=O) groups excluding carboxylic acids is 2. The van der Waals surface area contributed by atoms with Gasteiger partial charge in [0.05, 0.1) is 6.61 Å². The Balaban J connectivity index is 4.04. The van der Waals surface area contributed by atoms with Crippen LogP contribution in [-0.4, -0.2) is 43.3 Å². The minimum atomic E-state index is -4.28. The van der Waals surface area contributed by atoms with Gasteiger partial charge in [-0.05, 0) is 83.5 Å². The van der Waals surface area contributed by atoms with E-state index >= 15 is 0 Å². The summed E-state index contributed by atoms with van der Waals surface area (Å²) in [5.41, 5.74) is 0. The van der Waals surface area contributed by atoms with Crippen LogP contribution in [0.5, 0.6) is 0 Å². The van der Waals surface area contributed by atoms with Gasteiger partial charge in [0.1, 0.15) is 6.61 Å². The largest absolute Gasteiger partial charge is 0.472 e. The third kappa shape index (κ3) is 41.0. The molecule has 0 saturated carbocycles. The molecule has 0 saturated heterocycles. The molecule has 0 rings (SSSR count). The van der Waals surface area contributed by atoms with Crippen molar-refractivity contribution in [2.24, 2.45) is 0 Å². The van der Waals surface area contributed by atoms with E-state index in [1.54, 1.807) is 0 Å². The molecular weight excluding hydrogens is 711 g/mol. The lowest BCUT2D eigenvalue weighted by atomic mass is 10.1. The van der Waals surface area contributed by atoms with Crippen LogP contribution < -0.4 is 0 Å². The summed E-state index contributed by atoms with van der Waals surface area (Å²) < 4.78 is 31.9. The Morgan fingerprint density at radius 3 is 1.42 bits per heavy atom. The van der Waals surface area contributed by atoms with Crippen LogP contribution in [0, 0.1) is 0 Å². The van der Waals surface area contributed by atoms with Crippen LogP contribution >= 0.6 is 7.82 Å². The van der Waals surface area contributed by atoms with E-state index in [0.29, 0.717) is 6.42 Å². The smallest absolute Gasteiger partial charge is 0.462 e. The van der Waals surface area contributed by atoms with Crippen molar-refractivity contribution in [2.45, 2.75) is 187 Å². The highest BCUT2D eigenvalue weighted by Gasteiger charge is 2.24. The Hall–Kier alpha value is -2.51. The maximum absolute atomic E-state index is 12.5. The van der Waals surface area contributed by atoms with Crippen LogP contribution in [0.2, 0.25) is 0 Å². The highest BCUT2D eigenvalue weighted by atomic mass is 31.2. The van der Waals surface area contributed by atoms with Gasteiger partial charge in [-0.25, -0.2) is 4.57 Å². The summed E-state index contributed by atoms with van der Waals surface area (Å²) in [4.78, 5) is 34.5. The number of esters is 2. The molecular formula is C46H79O8P. The topological polar surface area (TPSA) is 108 Å². The summed E-state index contributed by atoms with van der Waals surface area (Å²) in [6.07, 6.45) is 52.5. The molecule has 316 valence electrons. The Morgan fingerprint density at radius 2 is 0.927 bits per heavy atom. The molecule has 8 nitrogen and oxygen atoms in total. The van der Waals surface area contributed by atoms with Crippen LogP contribution in [0.4, 0.5) is 0 Å². The average molecular weight is 791 g/mol. The highest BCUT2D eigenvalue weighted by molar-refractivity contribution is 7.47. The van der Waals surface area contributed by atoms with Crippen molar-refractivity contribution in [1.82, 2.24) is 0 Å². The maximum atomic E-state index is 12.5. The third-order valence-corrected chi connectivity index (χ3v) is 9.87. The van der Waals surface area contributed by atoms with Crippen molar-refractivity contribution >= 4 is 19.8 Å². The Morgan fingerprint density at radius 1 is 0.527 bits per heavy atom. The molecule has 0 aromatic carbocycles. The van der Waals surface area contributed by atoms with E-state index in [9.17, 15) is 19.0 Å². The fourth-order valence-electron chi connectivity index (χ4n) is 5.62. The monoisotopic (exact) mass is 791 g/mol. The van der Waals surface area contributed by atoms with Crippen molar-refractivity contribution in [3.05, 3.63) is 72.9 Å². The lowest BCUT2D eigenvalue weighted by Gasteiger charge is -2.19. The molecule has 0 aliphatic heterocycles.